The summed E-state index contributed by atoms with van der Waals surface area (Å²) in [4.78, 5) is 12.8. The summed E-state index contributed by atoms with van der Waals surface area (Å²) in [6, 6.07) is 17.1. The Labute approximate surface area is 139 Å². The highest BCUT2D eigenvalue weighted by atomic mass is 35.5. The molecule has 4 heteroatoms. The second-order valence-electron chi connectivity index (χ2n) is 5.49. The number of hydrogen-bond acceptors (Lipinski definition) is 3. The fourth-order valence-electron chi connectivity index (χ4n) is 3.06. The lowest BCUT2D eigenvalue weighted by Gasteiger charge is -2.01. The molecule has 0 bridgehead atoms. The molecule has 2 heterocycles. The first-order valence-electron chi connectivity index (χ1n) is 7.19. The van der Waals surface area contributed by atoms with Crippen molar-refractivity contribution in [2.45, 2.75) is 0 Å². The molecule has 0 aliphatic rings. The summed E-state index contributed by atoms with van der Waals surface area (Å²) in [6.45, 7) is 0. The summed E-state index contributed by atoms with van der Waals surface area (Å²) in [5, 5.41) is 4.07. The Balaban J connectivity index is 2.05. The number of para-hydroxylation sites is 1. The Morgan fingerprint density at radius 1 is 0.826 bits per heavy atom. The maximum atomic E-state index is 12.8. The summed E-state index contributed by atoms with van der Waals surface area (Å²) in [7, 11) is 0. The van der Waals surface area contributed by atoms with Crippen LogP contribution in [0, 0.1) is 0 Å². The zero-order valence-corrected chi connectivity index (χ0v) is 13.4. The number of rotatable bonds is 0. The predicted molar refractivity (Wildman–Crippen MR) is 97.9 cm³/mol. The molecule has 3 aromatic carbocycles. The molecule has 0 unspecified atom stereocenters. The van der Waals surface area contributed by atoms with Gasteiger partial charge in [-0.3, -0.25) is 4.79 Å². The minimum atomic E-state index is 0.00475. The maximum Gasteiger partial charge on any atom is 0.200 e. The monoisotopic (exact) mass is 336 g/mol. The van der Waals surface area contributed by atoms with E-state index in [1.54, 1.807) is 17.4 Å². The van der Waals surface area contributed by atoms with Gasteiger partial charge in [0, 0.05) is 15.5 Å². The first-order chi connectivity index (χ1) is 11.2. The Hall–Kier alpha value is -2.36. The lowest BCUT2D eigenvalue weighted by molar-refractivity contribution is 0.660. The van der Waals surface area contributed by atoms with Gasteiger partial charge >= 0.3 is 0 Å². The standard InChI is InChI=1S/C19H9ClO2S/c20-14-6-3-5-10-12-8-13-16(9-17(12)23-19(10)14)22-15-7-2-1-4-11(15)18(13)21/h1-9H. The number of thiophene rings is 1. The summed E-state index contributed by atoms with van der Waals surface area (Å²) in [5.41, 5.74) is 1.23. The van der Waals surface area contributed by atoms with E-state index in [0.29, 0.717) is 21.9 Å². The molecule has 23 heavy (non-hydrogen) atoms. The minimum Gasteiger partial charge on any atom is -0.456 e. The summed E-state index contributed by atoms with van der Waals surface area (Å²) < 4.78 is 8.04. The molecule has 0 N–H and O–H groups in total. The van der Waals surface area contributed by atoms with Crippen molar-refractivity contribution < 1.29 is 4.42 Å². The number of fused-ring (bicyclic) bond motifs is 5. The van der Waals surface area contributed by atoms with Crippen molar-refractivity contribution in [2.75, 3.05) is 0 Å². The molecule has 0 amide bonds. The van der Waals surface area contributed by atoms with Gasteiger partial charge in [-0.2, -0.15) is 0 Å². The summed E-state index contributed by atoms with van der Waals surface area (Å²) in [5.74, 6) is 0. The van der Waals surface area contributed by atoms with E-state index in [9.17, 15) is 4.79 Å². The fourth-order valence-corrected chi connectivity index (χ4v) is 4.47. The molecule has 0 saturated carbocycles. The summed E-state index contributed by atoms with van der Waals surface area (Å²) >= 11 is 7.92. The second kappa shape index (κ2) is 4.57. The molecule has 110 valence electrons. The fraction of sp³-hybridized carbons (Fsp3) is 0. The first-order valence-corrected chi connectivity index (χ1v) is 8.38. The molecule has 0 atom stereocenters. The highest BCUT2D eigenvalue weighted by Gasteiger charge is 2.13. The van der Waals surface area contributed by atoms with E-state index in [-0.39, 0.29) is 5.43 Å². The van der Waals surface area contributed by atoms with Crippen LogP contribution in [0.5, 0.6) is 0 Å². The van der Waals surface area contributed by atoms with Crippen LogP contribution in [0.3, 0.4) is 0 Å². The summed E-state index contributed by atoms with van der Waals surface area (Å²) in [6.07, 6.45) is 0. The lowest BCUT2D eigenvalue weighted by Crippen LogP contribution is -2.01. The van der Waals surface area contributed by atoms with E-state index < -0.39 is 0 Å². The molecule has 2 aromatic heterocycles. The van der Waals surface area contributed by atoms with Crippen LogP contribution in [0.4, 0.5) is 0 Å². The maximum absolute atomic E-state index is 12.8. The zero-order chi connectivity index (χ0) is 15.6. The van der Waals surface area contributed by atoms with Gasteiger partial charge in [0.15, 0.2) is 0 Å². The smallest absolute Gasteiger partial charge is 0.200 e. The third-order valence-corrected chi connectivity index (χ3v) is 5.78. The molecular formula is C19H9ClO2S. The molecule has 0 spiro atoms. The van der Waals surface area contributed by atoms with Crippen LogP contribution < -0.4 is 5.43 Å². The van der Waals surface area contributed by atoms with Crippen molar-refractivity contribution >= 4 is 65.0 Å². The minimum absolute atomic E-state index is 0.00475. The van der Waals surface area contributed by atoms with Crippen molar-refractivity contribution in [2.24, 2.45) is 0 Å². The highest BCUT2D eigenvalue weighted by Crippen LogP contribution is 2.39. The molecular weight excluding hydrogens is 328 g/mol. The normalized spacial score (nSPS) is 11.9. The third-order valence-electron chi connectivity index (χ3n) is 4.15. The van der Waals surface area contributed by atoms with Crippen LogP contribution in [0.2, 0.25) is 5.02 Å². The average molecular weight is 337 g/mol. The molecule has 0 fully saturated rings. The lowest BCUT2D eigenvalue weighted by atomic mass is 10.1. The SMILES string of the molecule is O=c1c2ccccc2oc2cc3sc4c(Cl)cccc4c3cc12. The van der Waals surface area contributed by atoms with Crippen LogP contribution in [-0.2, 0) is 0 Å². The number of halogens is 1. The molecule has 2 nitrogen and oxygen atoms in total. The van der Waals surface area contributed by atoms with Gasteiger partial charge < -0.3 is 4.42 Å². The second-order valence-corrected chi connectivity index (χ2v) is 6.95. The van der Waals surface area contributed by atoms with Gasteiger partial charge in [-0.05, 0) is 30.3 Å². The van der Waals surface area contributed by atoms with Crippen molar-refractivity contribution in [1.29, 1.82) is 0 Å². The quantitative estimate of drug-likeness (QED) is 0.326. The largest absolute Gasteiger partial charge is 0.456 e. The Morgan fingerprint density at radius 2 is 1.65 bits per heavy atom. The molecule has 0 aliphatic heterocycles. The molecule has 0 saturated heterocycles. The van der Waals surface area contributed by atoms with Crippen LogP contribution in [-0.4, -0.2) is 0 Å². The van der Waals surface area contributed by atoms with Gasteiger partial charge in [-0.25, -0.2) is 0 Å². The van der Waals surface area contributed by atoms with Gasteiger partial charge in [0.05, 0.1) is 20.5 Å². The van der Waals surface area contributed by atoms with Crippen LogP contribution in [0.25, 0.3) is 42.1 Å². The van der Waals surface area contributed by atoms with Gasteiger partial charge in [0.1, 0.15) is 11.2 Å². The third kappa shape index (κ3) is 1.78. The van der Waals surface area contributed by atoms with Crippen molar-refractivity contribution in [3.8, 4) is 0 Å². The highest BCUT2D eigenvalue weighted by molar-refractivity contribution is 7.26. The molecule has 5 rings (SSSR count). The van der Waals surface area contributed by atoms with Crippen LogP contribution in [0.1, 0.15) is 0 Å². The van der Waals surface area contributed by atoms with E-state index in [1.165, 1.54) is 0 Å². The van der Waals surface area contributed by atoms with Gasteiger partial charge in [0.25, 0.3) is 0 Å². The van der Waals surface area contributed by atoms with E-state index in [2.05, 4.69) is 0 Å². The van der Waals surface area contributed by atoms with E-state index >= 15 is 0 Å². The van der Waals surface area contributed by atoms with Crippen molar-refractivity contribution in [1.82, 2.24) is 0 Å². The number of benzene rings is 3. The molecule has 5 aromatic rings. The average Bonchev–Trinajstić information content (AvgIpc) is 2.93. The predicted octanol–water partition coefficient (Wildman–Crippen LogP) is 5.97. The van der Waals surface area contributed by atoms with Crippen molar-refractivity contribution in [3.63, 3.8) is 0 Å². The van der Waals surface area contributed by atoms with E-state index in [1.807, 2.05) is 48.5 Å². The van der Waals surface area contributed by atoms with Crippen LogP contribution >= 0.6 is 22.9 Å². The van der Waals surface area contributed by atoms with Crippen LogP contribution in [0.15, 0.2) is 63.8 Å². The first kappa shape index (κ1) is 13.1. The Bertz CT molecular complexity index is 1300. The molecule has 0 radical (unpaired) electrons. The van der Waals surface area contributed by atoms with E-state index in [4.69, 9.17) is 16.0 Å². The van der Waals surface area contributed by atoms with Gasteiger partial charge in [-0.15, -0.1) is 11.3 Å². The van der Waals surface area contributed by atoms with E-state index in [0.717, 1.165) is 25.2 Å². The Morgan fingerprint density at radius 3 is 2.57 bits per heavy atom. The Kier molecular flexibility index (Phi) is 2.61. The number of hydrogen-bond donors (Lipinski definition) is 0. The zero-order valence-electron chi connectivity index (χ0n) is 11.8. The van der Waals surface area contributed by atoms with Crippen molar-refractivity contribution in [3.05, 3.63) is 69.8 Å². The topological polar surface area (TPSA) is 30.2 Å². The van der Waals surface area contributed by atoms with Gasteiger partial charge in [0.2, 0.25) is 5.43 Å². The van der Waals surface area contributed by atoms with Gasteiger partial charge in [-0.1, -0.05) is 35.9 Å². The molecule has 0 aliphatic carbocycles.